The molecule has 0 amide bonds. The summed E-state index contributed by atoms with van der Waals surface area (Å²) in [5.74, 6) is 0.657. The molecule has 1 aliphatic carbocycles. The van der Waals surface area contributed by atoms with Gasteiger partial charge in [-0.05, 0) is 32.1 Å². The first-order chi connectivity index (χ1) is 7.57. The molecule has 1 saturated carbocycles. The van der Waals surface area contributed by atoms with Gasteiger partial charge in [-0.2, -0.15) is 5.10 Å². The molecule has 1 fully saturated rings. The molecule has 0 atom stereocenters. The Morgan fingerprint density at radius 1 is 1.50 bits per heavy atom. The lowest BCUT2D eigenvalue weighted by Gasteiger charge is -2.39. The van der Waals surface area contributed by atoms with Gasteiger partial charge in [0.15, 0.2) is 0 Å². The zero-order valence-corrected chi connectivity index (χ0v) is 10.7. The van der Waals surface area contributed by atoms with E-state index in [2.05, 4.69) is 37.4 Å². The average molecular weight is 221 g/mol. The maximum absolute atomic E-state index is 4.38. The third-order valence-electron chi connectivity index (χ3n) is 3.42. The van der Waals surface area contributed by atoms with Crippen LogP contribution in [0, 0.1) is 5.92 Å². The van der Waals surface area contributed by atoms with Crippen LogP contribution in [0.5, 0.6) is 0 Å². The van der Waals surface area contributed by atoms with E-state index in [4.69, 9.17) is 0 Å². The number of nitrogens with one attached hydrogen (secondary N) is 1. The van der Waals surface area contributed by atoms with Crippen LogP contribution in [0.3, 0.4) is 0 Å². The zero-order chi connectivity index (χ0) is 11.6. The molecule has 3 heteroatoms. The van der Waals surface area contributed by atoms with E-state index in [1.54, 1.807) is 0 Å². The van der Waals surface area contributed by atoms with Crippen LogP contribution in [0.4, 0.5) is 0 Å². The lowest BCUT2D eigenvalue weighted by molar-refractivity contribution is 0.207. The molecule has 3 nitrogen and oxygen atoms in total. The van der Waals surface area contributed by atoms with E-state index in [1.807, 2.05) is 10.9 Å². The normalized spacial score (nSPS) is 18.8. The Labute approximate surface area is 98.2 Å². The fourth-order valence-electron chi connectivity index (χ4n) is 2.17. The van der Waals surface area contributed by atoms with Gasteiger partial charge in [0, 0.05) is 30.4 Å². The van der Waals surface area contributed by atoms with E-state index in [-0.39, 0.29) is 0 Å². The molecule has 1 aromatic heterocycles. The maximum atomic E-state index is 4.38. The molecular formula is C13H23N3. The van der Waals surface area contributed by atoms with Crippen LogP contribution in [-0.2, 0) is 13.1 Å². The van der Waals surface area contributed by atoms with Crippen molar-refractivity contribution < 1.29 is 0 Å². The minimum Gasteiger partial charge on any atom is -0.307 e. The van der Waals surface area contributed by atoms with Gasteiger partial charge in [-0.15, -0.1) is 0 Å². The Balaban J connectivity index is 1.83. The minimum absolute atomic E-state index is 0.389. The van der Waals surface area contributed by atoms with Crippen LogP contribution in [-0.4, -0.2) is 15.3 Å². The zero-order valence-electron chi connectivity index (χ0n) is 10.7. The van der Waals surface area contributed by atoms with Gasteiger partial charge < -0.3 is 5.32 Å². The van der Waals surface area contributed by atoms with Crippen LogP contribution >= 0.6 is 0 Å². The average Bonchev–Trinajstić information content (AvgIpc) is 2.58. The molecule has 0 spiro atoms. The molecule has 0 bridgehead atoms. The van der Waals surface area contributed by atoms with Gasteiger partial charge >= 0.3 is 0 Å². The van der Waals surface area contributed by atoms with Crippen molar-refractivity contribution in [3.8, 4) is 0 Å². The van der Waals surface area contributed by atoms with E-state index in [0.717, 1.165) is 13.1 Å². The standard InChI is InChI=1S/C13H23N3/c1-11(2)9-16-10-12(8-15-16)7-14-13(3)5-4-6-13/h8,10-11,14H,4-7,9H2,1-3H3. The fourth-order valence-corrected chi connectivity index (χ4v) is 2.17. The quantitative estimate of drug-likeness (QED) is 0.828. The lowest BCUT2D eigenvalue weighted by atomic mass is 9.78. The van der Waals surface area contributed by atoms with Crippen LogP contribution < -0.4 is 5.32 Å². The van der Waals surface area contributed by atoms with Gasteiger partial charge in [0.1, 0.15) is 0 Å². The van der Waals surface area contributed by atoms with Gasteiger partial charge in [0.05, 0.1) is 6.20 Å². The highest BCUT2D eigenvalue weighted by molar-refractivity contribution is 5.05. The van der Waals surface area contributed by atoms with Gasteiger partial charge in [-0.1, -0.05) is 13.8 Å². The molecule has 0 unspecified atom stereocenters. The molecule has 2 rings (SSSR count). The Morgan fingerprint density at radius 2 is 2.25 bits per heavy atom. The minimum atomic E-state index is 0.389. The number of hydrogen-bond donors (Lipinski definition) is 1. The van der Waals surface area contributed by atoms with E-state index in [0.29, 0.717) is 11.5 Å². The second-order valence-corrected chi connectivity index (χ2v) is 5.73. The summed E-state index contributed by atoms with van der Waals surface area (Å²) < 4.78 is 2.05. The number of rotatable bonds is 5. The van der Waals surface area contributed by atoms with Gasteiger partial charge in [0.2, 0.25) is 0 Å². The second kappa shape index (κ2) is 4.58. The van der Waals surface area contributed by atoms with E-state index in [1.165, 1.54) is 24.8 Å². The van der Waals surface area contributed by atoms with Crippen molar-refractivity contribution in [1.29, 1.82) is 0 Å². The Morgan fingerprint density at radius 3 is 2.81 bits per heavy atom. The molecule has 1 N–H and O–H groups in total. The lowest BCUT2D eigenvalue weighted by Crippen LogP contribution is -2.47. The Bertz CT molecular complexity index is 337. The van der Waals surface area contributed by atoms with Crippen LogP contribution in [0.1, 0.15) is 45.6 Å². The predicted octanol–water partition coefficient (Wildman–Crippen LogP) is 2.57. The molecule has 1 heterocycles. The van der Waals surface area contributed by atoms with Crippen LogP contribution in [0.2, 0.25) is 0 Å². The number of aromatic nitrogens is 2. The highest BCUT2D eigenvalue weighted by Gasteiger charge is 2.30. The summed E-state index contributed by atoms with van der Waals surface area (Å²) in [6.45, 7) is 8.71. The molecule has 1 aromatic rings. The number of nitrogens with zero attached hydrogens (tertiary/aromatic N) is 2. The summed E-state index contributed by atoms with van der Waals surface area (Å²) in [7, 11) is 0. The largest absolute Gasteiger partial charge is 0.307 e. The van der Waals surface area contributed by atoms with Crippen molar-refractivity contribution in [1.82, 2.24) is 15.1 Å². The van der Waals surface area contributed by atoms with Crippen LogP contribution in [0.25, 0.3) is 0 Å². The first kappa shape index (κ1) is 11.6. The molecule has 0 saturated heterocycles. The molecule has 1 aliphatic rings. The summed E-state index contributed by atoms with van der Waals surface area (Å²) in [5, 5.41) is 8.00. The molecular weight excluding hydrogens is 198 g/mol. The summed E-state index contributed by atoms with van der Waals surface area (Å²) in [4.78, 5) is 0. The van der Waals surface area contributed by atoms with Crippen molar-refractivity contribution >= 4 is 0 Å². The van der Waals surface area contributed by atoms with Crippen molar-refractivity contribution in [2.24, 2.45) is 5.92 Å². The monoisotopic (exact) mass is 221 g/mol. The first-order valence-corrected chi connectivity index (χ1v) is 6.34. The van der Waals surface area contributed by atoms with Crippen LogP contribution in [0.15, 0.2) is 12.4 Å². The summed E-state index contributed by atoms with van der Waals surface area (Å²) >= 11 is 0. The molecule has 0 radical (unpaired) electrons. The van der Waals surface area contributed by atoms with E-state index < -0.39 is 0 Å². The van der Waals surface area contributed by atoms with Gasteiger partial charge in [-0.3, -0.25) is 4.68 Å². The summed E-state index contributed by atoms with van der Waals surface area (Å²) in [6, 6.07) is 0. The molecule has 16 heavy (non-hydrogen) atoms. The van der Waals surface area contributed by atoms with Crippen molar-refractivity contribution in [3.05, 3.63) is 18.0 Å². The summed E-state index contributed by atoms with van der Waals surface area (Å²) in [5.41, 5.74) is 1.69. The third-order valence-corrected chi connectivity index (χ3v) is 3.42. The highest BCUT2D eigenvalue weighted by atomic mass is 15.3. The van der Waals surface area contributed by atoms with Crippen molar-refractivity contribution in [2.75, 3.05) is 0 Å². The maximum Gasteiger partial charge on any atom is 0.0534 e. The van der Waals surface area contributed by atoms with Crippen molar-refractivity contribution in [2.45, 2.75) is 58.7 Å². The third kappa shape index (κ3) is 2.85. The van der Waals surface area contributed by atoms with E-state index in [9.17, 15) is 0 Å². The fraction of sp³-hybridized carbons (Fsp3) is 0.769. The highest BCUT2D eigenvalue weighted by Crippen LogP contribution is 2.31. The van der Waals surface area contributed by atoms with E-state index >= 15 is 0 Å². The molecule has 0 aliphatic heterocycles. The predicted molar refractivity (Wildman–Crippen MR) is 66.2 cm³/mol. The Kier molecular flexibility index (Phi) is 3.33. The summed E-state index contributed by atoms with van der Waals surface area (Å²) in [6.07, 6.45) is 8.14. The SMILES string of the molecule is CC(C)Cn1cc(CNC2(C)CCC2)cn1. The molecule has 0 aromatic carbocycles. The van der Waals surface area contributed by atoms with Crippen molar-refractivity contribution in [3.63, 3.8) is 0 Å². The number of hydrogen-bond acceptors (Lipinski definition) is 2. The second-order valence-electron chi connectivity index (χ2n) is 5.73. The first-order valence-electron chi connectivity index (χ1n) is 6.34. The Hall–Kier alpha value is -0.830. The smallest absolute Gasteiger partial charge is 0.0534 e. The molecule has 90 valence electrons. The van der Waals surface area contributed by atoms with Gasteiger partial charge in [0.25, 0.3) is 0 Å². The van der Waals surface area contributed by atoms with Gasteiger partial charge in [-0.25, -0.2) is 0 Å². The topological polar surface area (TPSA) is 29.9 Å².